The molecular weight excluding hydrogens is 917 g/mol. The van der Waals surface area contributed by atoms with Gasteiger partial charge in [0.15, 0.2) is 0 Å². The number of ketones is 6. The van der Waals surface area contributed by atoms with Crippen LogP contribution in [-0.4, -0.2) is 136 Å². The van der Waals surface area contributed by atoms with Gasteiger partial charge in [0.25, 0.3) is 0 Å². The minimum atomic E-state index is -0.710. The van der Waals surface area contributed by atoms with Crippen LogP contribution in [0, 0.1) is 32.5 Å². The topological polar surface area (TPSA) is 182 Å². The summed E-state index contributed by atoms with van der Waals surface area (Å²) in [5.41, 5.74) is -4.42. The zero-order valence-corrected chi connectivity index (χ0v) is 50.6. The van der Waals surface area contributed by atoms with Gasteiger partial charge in [0, 0.05) is 82.1 Å². The first kappa shape index (κ1) is 71.8. The highest BCUT2D eigenvalue weighted by atomic mass is 16.5. The SMILES string of the molecule is CC(C)(C)NC(COCCC(=O)C(C)(C)C)(COCCC(=O)C(C)(C)C)COCCC(=O)C(C)(C)C.CC(C)(C)NC(COCCC(=O)C(C)(C)C)(COCCC(=O)C(C)(C)C)COCCC(=O)C(C)(C)C. The highest BCUT2D eigenvalue weighted by Gasteiger charge is 2.38. The predicted molar refractivity (Wildman–Crippen MR) is 291 cm³/mol. The first-order valence-electron chi connectivity index (χ1n) is 26.4. The molecule has 0 saturated carbocycles. The van der Waals surface area contributed by atoms with Gasteiger partial charge < -0.3 is 39.1 Å². The molecule has 0 aliphatic carbocycles. The second kappa shape index (κ2) is 30.4. The van der Waals surface area contributed by atoms with E-state index in [0.717, 1.165) is 0 Å². The second-order valence-corrected chi connectivity index (χ2v) is 28.2. The number of hydrogen-bond acceptors (Lipinski definition) is 14. The normalized spacial score (nSPS) is 13.7. The summed E-state index contributed by atoms with van der Waals surface area (Å²) >= 11 is 0. The fourth-order valence-corrected chi connectivity index (χ4v) is 6.90. The average Bonchev–Trinajstić information content (AvgIpc) is 3.18. The van der Waals surface area contributed by atoms with Crippen molar-refractivity contribution in [2.45, 2.75) is 227 Å². The Labute approximate surface area is 439 Å². The summed E-state index contributed by atoms with van der Waals surface area (Å²) in [6.07, 6.45) is 1.98. The molecule has 424 valence electrons. The monoisotopic (exact) mass is 1030 g/mol. The van der Waals surface area contributed by atoms with Crippen LogP contribution in [0.1, 0.15) is 205 Å². The minimum Gasteiger partial charge on any atom is -0.379 e. The molecule has 0 atom stereocenters. The molecule has 0 saturated heterocycles. The van der Waals surface area contributed by atoms with Crippen LogP contribution in [0.4, 0.5) is 0 Å². The van der Waals surface area contributed by atoms with E-state index < -0.39 is 43.6 Å². The summed E-state index contributed by atoms with van der Waals surface area (Å²) in [5, 5.41) is 7.19. The van der Waals surface area contributed by atoms with E-state index in [2.05, 4.69) is 52.2 Å². The molecule has 0 spiro atoms. The van der Waals surface area contributed by atoms with Crippen molar-refractivity contribution in [2.24, 2.45) is 32.5 Å². The third kappa shape index (κ3) is 34.3. The summed E-state index contributed by atoms with van der Waals surface area (Å²) in [6.45, 7) is 50.0. The molecule has 72 heavy (non-hydrogen) atoms. The van der Waals surface area contributed by atoms with Gasteiger partial charge in [-0.3, -0.25) is 28.8 Å². The average molecular weight is 1030 g/mol. The molecule has 0 radical (unpaired) electrons. The van der Waals surface area contributed by atoms with Gasteiger partial charge in [-0.05, 0) is 41.5 Å². The molecule has 0 fully saturated rings. The number of hydrogen-bond donors (Lipinski definition) is 2. The summed E-state index contributed by atoms with van der Waals surface area (Å²) in [5.74, 6) is 0.865. The van der Waals surface area contributed by atoms with Crippen molar-refractivity contribution in [3.05, 3.63) is 0 Å². The van der Waals surface area contributed by atoms with E-state index >= 15 is 0 Å². The lowest BCUT2D eigenvalue weighted by Gasteiger charge is -2.40. The van der Waals surface area contributed by atoms with Gasteiger partial charge in [0.1, 0.15) is 34.7 Å². The first-order valence-corrected chi connectivity index (χ1v) is 26.4. The standard InChI is InChI=1S/2C29H55NO6/c2*1-25(2,3)22(31)13-16-34-19-29(30-28(10,11)12,20-35-17-14-23(32)26(4,5)6)21-36-18-15-24(33)27(7,8)9/h2*30H,13-21H2,1-12H3. The van der Waals surface area contributed by atoms with E-state index in [1.54, 1.807) is 0 Å². The summed E-state index contributed by atoms with van der Waals surface area (Å²) in [4.78, 5) is 73.9. The minimum absolute atomic E-state index is 0.144. The third-order valence-electron chi connectivity index (χ3n) is 11.4. The number of nitrogens with one attached hydrogen (secondary N) is 2. The van der Waals surface area contributed by atoms with Crippen LogP contribution >= 0.6 is 0 Å². The van der Waals surface area contributed by atoms with Crippen LogP contribution < -0.4 is 10.6 Å². The van der Waals surface area contributed by atoms with E-state index in [1.165, 1.54) is 0 Å². The van der Waals surface area contributed by atoms with Crippen molar-refractivity contribution in [3.8, 4) is 0 Å². The number of Topliss-reactive ketones (excluding diaryl/α,β-unsaturated/α-hetero) is 6. The van der Waals surface area contributed by atoms with E-state index in [1.807, 2.05) is 125 Å². The molecule has 0 heterocycles. The van der Waals surface area contributed by atoms with Gasteiger partial charge in [-0.1, -0.05) is 125 Å². The zero-order chi connectivity index (χ0) is 56.8. The van der Waals surface area contributed by atoms with Crippen molar-refractivity contribution >= 4 is 34.7 Å². The third-order valence-corrected chi connectivity index (χ3v) is 11.4. The molecule has 0 aliphatic rings. The Kier molecular flexibility index (Phi) is 30.3. The molecule has 0 aromatic carbocycles. The molecule has 14 nitrogen and oxygen atoms in total. The fourth-order valence-electron chi connectivity index (χ4n) is 6.90. The maximum Gasteiger partial charge on any atom is 0.140 e. The van der Waals surface area contributed by atoms with Crippen molar-refractivity contribution in [2.75, 3.05) is 79.3 Å². The maximum absolute atomic E-state index is 12.3. The second-order valence-electron chi connectivity index (χ2n) is 28.2. The van der Waals surface area contributed by atoms with Crippen molar-refractivity contribution in [1.29, 1.82) is 0 Å². The molecule has 0 aliphatic heterocycles. The lowest BCUT2D eigenvalue weighted by atomic mass is 9.89. The quantitative estimate of drug-likeness (QED) is 0.0607. The molecule has 14 heteroatoms. The van der Waals surface area contributed by atoms with Crippen LogP contribution in [0.3, 0.4) is 0 Å². The smallest absolute Gasteiger partial charge is 0.140 e. The Morgan fingerprint density at radius 2 is 0.375 bits per heavy atom. The van der Waals surface area contributed by atoms with Crippen molar-refractivity contribution in [1.82, 2.24) is 10.6 Å². The summed E-state index contributed by atoms with van der Waals surface area (Å²) in [7, 11) is 0. The van der Waals surface area contributed by atoms with Gasteiger partial charge in [-0.15, -0.1) is 0 Å². The van der Waals surface area contributed by atoms with E-state index in [9.17, 15) is 28.8 Å². The molecule has 0 unspecified atom stereocenters. The van der Waals surface area contributed by atoms with Gasteiger partial charge in [0.05, 0.1) is 90.4 Å². The highest BCUT2D eigenvalue weighted by Crippen LogP contribution is 2.24. The molecule has 0 aromatic rings. The number of carbonyl (C=O) groups is 6. The summed E-state index contributed by atoms with van der Waals surface area (Å²) in [6, 6.07) is 0. The Morgan fingerprint density at radius 1 is 0.250 bits per heavy atom. The Morgan fingerprint density at radius 3 is 0.472 bits per heavy atom. The van der Waals surface area contributed by atoms with Crippen LogP contribution in [0.25, 0.3) is 0 Å². The van der Waals surface area contributed by atoms with Gasteiger partial charge >= 0.3 is 0 Å². The number of ether oxygens (including phenoxy) is 6. The molecular formula is C58H110N2O12. The molecule has 0 aromatic heterocycles. The van der Waals surface area contributed by atoms with Crippen LogP contribution in [0.2, 0.25) is 0 Å². The maximum atomic E-state index is 12.3. The highest BCUT2D eigenvalue weighted by molar-refractivity contribution is 5.85. The Balaban J connectivity index is 0. The lowest BCUT2D eigenvalue weighted by Crippen LogP contribution is -2.62. The summed E-state index contributed by atoms with van der Waals surface area (Å²) < 4.78 is 36.0. The van der Waals surface area contributed by atoms with E-state index in [-0.39, 0.29) is 85.4 Å². The zero-order valence-electron chi connectivity index (χ0n) is 50.6. The van der Waals surface area contributed by atoms with Gasteiger partial charge in [-0.2, -0.15) is 0 Å². The van der Waals surface area contributed by atoms with Crippen LogP contribution in [0.15, 0.2) is 0 Å². The molecule has 0 rings (SSSR count). The van der Waals surface area contributed by atoms with Crippen LogP contribution in [-0.2, 0) is 57.2 Å². The number of carbonyl (C=O) groups excluding carboxylic acids is 6. The van der Waals surface area contributed by atoms with E-state index in [0.29, 0.717) is 78.2 Å². The van der Waals surface area contributed by atoms with Gasteiger partial charge in [0.2, 0.25) is 0 Å². The van der Waals surface area contributed by atoms with Crippen LogP contribution in [0.5, 0.6) is 0 Å². The lowest BCUT2D eigenvalue weighted by molar-refractivity contribution is -0.130. The van der Waals surface area contributed by atoms with Crippen molar-refractivity contribution in [3.63, 3.8) is 0 Å². The first-order chi connectivity index (χ1) is 32.2. The Hall–Kier alpha value is -2.30. The number of rotatable bonds is 32. The fraction of sp³-hybridized carbons (Fsp3) is 0.897. The van der Waals surface area contributed by atoms with E-state index in [4.69, 9.17) is 28.4 Å². The molecule has 2 N–H and O–H groups in total. The largest absolute Gasteiger partial charge is 0.379 e. The Bertz CT molecular complexity index is 1360. The van der Waals surface area contributed by atoms with Crippen molar-refractivity contribution < 1.29 is 57.2 Å². The predicted octanol–water partition coefficient (Wildman–Crippen LogP) is 10.4. The molecule has 0 amide bonds. The molecule has 0 bridgehead atoms. The van der Waals surface area contributed by atoms with Gasteiger partial charge in [-0.25, -0.2) is 0 Å².